The van der Waals surface area contributed by atoms with Crippen molar-refractivity contribution in [2.24, 2.45) is 22.1 Å². The first-order valence-electron chi connectivity index (χ1n) is 11.3. The summed E-state index contributed by atoms with van der Waals surface area (Å²) in [5.74, 6) is 0.786. The van der Waals surface area contributed by atoms with Crippen molar-refractivity contribution in [1.82, 2.24) is 4.90 Å². The summed E-state index contributed by atoms with van der Waals surface area (Å²) >= 11 is 0. The first-order valence-corrected chi connectivity index (χ1v) is 11.3. The van der Waals surface area contributed by atoms with Gasteiger partial charge in [-0.05, 0) is 96.7 Å². The second-order valence-electron chi connectivity index (χ2n) is 9.49. The Labute approximate surface area is 186 Å². The van der Waals surface area contributed by atoms with Crippen molar-refractivity contribution in [1.29, 1.82) is 0 Å². The van der Waals surface area contributed by atoms with Gasteiger partial charge in [-0.3, -0.25) is 9.59 Å². The summed E-state index contributed by atoms with van der Waals surface area (Å²) in [6, 6.07) is 0. The molecule has 7 heteroatoms. The van der Waals surface area contributed by atoms with Gasteiger partial charge in [0.15, 0.2) is 0 Å². The second-order valence-corrected chi connectivity index (χ2v) is 9.49. The average Bonchev–Trinajstić information content (AvgIpc) is 3.43. The predicted octanol–water partition coefficient (Wildman–Crippen LogP) is 3.59. The van der Waals surface area contributed by atoms with E-state index >= 15 is 0 Å². The molecule has 31 heavy (non-hydrogen) atoms. The van der Waals surface area contributed by atoms with Crippen LogP contribution in [0.4, 0.5) is 0 Å². The summed E-state index contributed by atoms with van der Waals surface area (Å²) in [5.41, 5.74) is 5.99. The fraction of sp³-hybridized carbons (Fsp3) is 0.708. The molecule has 0 bridgehead atoms. The normalized spacial score (nSPS) is 22.2. The van der Waals surface area contributed by atoms with E-state index < -0.39 is 5.91 Å². The maximum absolute atomic E-state index is 11.0. The summed E-state index contributed by atoms with van der Waals surface area (Å²) in [7, 11) is 2.22. The van der Waals surface area contributed by atoms with Gasteiger partial charge in [0.25, 0.3) is 12.4 Å². The van der Waals surface area contributed by atoms with Crippen LogP contribution in [0.3, 0.4) is 0 Å². The Morgan fingerprint density at radius 1 is 1.26 bits per heavy atom. The highest BCUT2D eigenvalue weighted by Crippen LogP contribution is 2.53. The molecule has 1 amide bonds. The summed E-state index contributed by atoms with van der Waals surface area (Å²) in [4.78, 5) is 27.1. The van der Waals surface area contributed by atoms with Gasteiger partial charge in [-0.15, -0.1) is 0 Å². The van der Waals surface area contributed by atoms with Gasteiger partial charge < -0.3 is 20.1 Å². The molecular weight excluding hydrogens is 394 g/mol. The molecule has 2 aliphatic carbocycles. The molecule has 1 saturated heterocycles. The molecule has 7 nitrogen and oxygen atoms in total. The third kappa shape index (κ3) is 8.48. The van der Waals surface area contributed by atoms with Crippen LogP contribution >= 0.6 is 0 Å². The van der Waals surface area contributed by atoms with Gasteiger partial charge in [-0.1, -0.05) is 12.7 Å². The number of amides is 1. The molecule has 0 aromatic carbocycles. The van der Waals surface area contributed by atoms with E-state index in [1.807, 2.05) is 6.92 Å². The number of hydrogen-bond acceptors (Lipinski definition) is 6. The minimum absolute atomic E-state index is 0.0677. The number of carbonyl (C=O) groups is 2. The van der Waals surface area contributed by atoms with Crippen LogP contribution in [0.5, 0.6) is 0 Å². The molecular formula is C24H39N3O4. The van der Waals surface area contributed by atoms with Gasteiger partial charge in [0.2, 0.25) is 0 Å². The summed E-state index contributed by atoms with van der Waals surface area (Å²) < 4.78 is 10.2. The van der Waals surface area contributed by atoms with E-state index in [4.69, 9.17) is 10.5 Å². The van der Waals surface area contributed by atoms with E-state index in [0.29, 0.717) is 24.3 Å². The Morgan fingerprint density at radius 3 is 2.39 bits per heavy atom. The number of nitrogens with two attached hydrogens (primary N) is 1. The number of nitrogens with zero attached hydrogens (tertiary/aromatic N) is 2. The molecule has 1 heterocycles. The summed E-state index contributed by atoms with van der Waals surface area (Å²) in [6.45, 7) is 11.1. The Kier molecular flexibility index (Phi) is 9.29. The Morgan fingerprint density at radius 2 is 1.90 bits per heavy atom. The largest absolute Gasteiger partial charge is 0.493 e. The topological polar surface area (TPSA) is 94.2 Å². The Hall–Kier alpha value is -2.15. The lowest BCUT2D eigenvalue weighted by molar-refractivity contribution is -0.134. The number of rotatable bonds is 10. The lowest BCUT2D eigenvalue weighted by Gasteiger charge is -2.52. The fourth-order valence-corrected chi connectivity index (χ4v) is 4.31. The molecule has 3 aliphatic rings. The van der Waals surface area contributed by atoms with Gasteiger partial charge in [0.05, 0.1) is 12.8 Å². The highest BCUT2D eigenvalue weighted by molar-refractivity contribution is 5.94. The average molecular weight is 434 g/mol. The highest BCUT2D eigenvalue weighted by Gasteiger charge is 2.44. The molecule has 1 aliphatic heterocycles. The fourth-order valence-electron chi connectivity index (χ4n) is 4.31. The van der Waals surface area contributed by atoms with E-state index in [1.165, 1.54) is 51.4 Å². The van der Waals surface area contributed by atoms with Crippen LogP contribution < -0.4 is 5.73 Å². The van der Waals surface area contributed by atoms with Crippen LogP contribution in [-0.4, -0.2) is 55.8 Å². The third-order valence-electron chi connectivity index (χ3n) is 6.70. The van der Waals surface area contributed by atoms with E-state index in [9.17, 15) is 9.59 Å². The minimum Gasteiger partial charge on any atom is -0.493 e. The molecule has 3 rings (SSSR count). The van der Waals surface area contributed by atoms with Crippen molar-refractivity contribution in [2.45, 2.75) is 70.8 Å². The minimum atomic E-state index is -0.547. The zero-order valence-corrected chi connectivity index (χ0v) is 19.4. The molecule has 0 aromatic rings. The highest BCUT2D eigenvalue weighted by atomic mass is 16.5. The Bertz CT molecular complexity index is 681. The molecule has 0 unspecified atom stereocenters. The van der Waals surface area contributed by atoms with E-state index in [-0.39, 0.29) is 11.3 Å². The Balaban J connectivity index is 0.000000412. The molecule has 2 N–H and O–H groups in total. The maximum Gasteiger partial charge on any atom is 0.293 e. The van der Waals surface area contributed by atoms with Gasteiger partial charge >= 0.3 is 0 Å². The van der Waals surface area contributed by atoms with E-state index in [0.717, 1.165) is 25.2 Å². The van der Waals surface area contributed by atoms with Crippen molar-refractivity contribution in [2.75, 3.05) is 26.7 Å². The van der Waals surface area contributed by atoms with E-state index in [1.54, 1.807) is 13.0 Å². The summed E-state index contributed by atoms with van der Waals surface area (Å²) in [6.07, 6.45) is 12.9. The van der Waals surface area contributed by atoms with Crippen LogP contribution in [0.25, 0.3) is 0 Å². The lowest BCUT2D eigenvalue weighted by Crippen LogP contribution is -2.45. The smallest absolute Gasteiger partial charge is 0.293 e. The first kappa shape index (κ1) is 25.1. The van der Waals surface area contributed by atoms with Crippen molar-refractivity contribution in [3.05, 3.63) is 24.1 Å². The van der Waals surface area contributed by atoms with Gasteiger partial charge in [-0.2, -0.15) is 0 Å². The number of allylic oxidation sites excluding steroid dienone is 2. The molecule has 1 spiro atoms. The molecule has 3 fully saturated rings. The number of piperidine rings is 1. The van der Waals surface area contributed by atoms with Crippen molar-refractivity contribution < 1.29 is 19.1 Å². The zero-order chi connectivity index (χ0) is 22.9. The molecule has 0 atom stereocenters. The monoisotopic (exact) mass is 433 g/mol. The van der Waals surface area contributed by atoms with Crippen LogP contribution in [-0.2, 0) is 19.1 Å². The quantitative estimate of drug-likeness (QED) is 0.187. The number of carbonyl (C=O) groups excluding carboxylic acids is 2. The second kappa shape index (κ2) is 11.5. The molecule has 2 saturated carbocycles. The maximum atomic E-state index is 11.0. The molecule has 174 valence electrons. The van der Waals surface area contributed by atoms with Crippen LogP contribution in [0, 0.1) is 11.3 Å². The zero-order valence-electron chi connectivity index (χ0n) is 19.4. The number of likely N-dealkylation sites (tertiary alicyclic amines) is 1. The van der Waals surface area contributed by atoms with Crippen LogP contribution in [0.1, 0.15) is 65.2 Å². The number of primary amides is 1. The summed E-state index contributed by atoms with van der Waals surface area (Å²) in [5, 5.41) is 0. The van der Waals surface area contributed by atoms with Gasteiger partial charge in [0.1, 0.15) is 17.1 Å². The van der Waals surface area contributed by atoms with Gasteiger partial charge in [-0.25, -0.2) is 4.99 Å². The van der Waals surface area contributed by atoms with Crippen LogP contribution in [0.15, 0.2) is 29.1 Å². The van der Waals surface area contributed by atoms with Gasteiger partial charge in [0, 0.05) is 0 Å². The molecule has 0 radical (unpaired) electrons. The number of ether oxygens (including phenoxy) is 2. The van der Waals surface area contributed by atoms with E-state index in [2.05, 4.69) is 28.3 Å². The SMILES string of the molecule is C=C(C=N/C(=C\C)C(N)=O)OCCCC1CC2(CCN(C)CC2)C1.CC1(OC=O)CC1. The first-order chi connectivity index (χ1) is 14.7. The lowest BCUT2D eigenvalue weighted by atomic mass is 9.56. The van der Waals surface area contributed by atoms with Crippen molar-refractivity contribution in [3.8, 4) is 0 Å². The molecule has 0 aromatic heterocycles. The van der Waals surface area contributed by atoms with Crippen molar-refractivity contribution in [3.63, 3.8) is 0 Å². The van der Waals surface area contributed by atoms with Crippen molar-refractivity contribution >= 4 is 18.6 Å². The standard InChI is InChI=1S/C19H31N3O2.C5H8O2/c1-4-17(18(20)23)21-14-15(2)24-11-5-6-16-12-19(13-16)7-9-22(3)10-8-19;1-5(2-3-5)7-4-6/h4,14,16H,2,5-13H2,1,3H3,(H2,20,23);4H,2-3H2,1H3/b17-4-,21-14?;. The number of hydrogen-bond donors (Lipinski definition) is 1. The predicted molar refractivity (Wildman–Crippen MR) is 122 cm³/mol. The van der Waals surface area contributed by atoms with Crippen LogP contribution in [0.2, 0.25) is 0 Å². The third-order valence-corrected chi connectivity index (χ3v) is 6.70. The number of aliphatic imine (C=N–C) groups is 1.